The zero-order valence-corrected chi connectivity index (χ0v) is 40.0. The van der Waals surface area contributed by atoms with Crippen molar-refractivity contribution in [2.24, 2.45) is 23.7 Å². The molecule has 0 amide bonds. The summed E-state index contributed by atoms with van der Waals surface area (Å²) in [6.45, 7) is 4.79. The topological polar surface area (TPSA) is 3.24 Å². The van der Waals surface area contributed by atoms with E-state index >= 15 is 0 Å². The molecular weight excluding hydrogens is 843 g/mol. The van der Waals surface area contributed by atoms with E-state index in [1.54, 1.807) is 11.1 Å². The summed E-state index contributed by atoms with van der Waals surface area (Å²) in [6.07, 6.45) is 6.93. The molecule has 1 spiro atoms. The summed E-state index contributed by atoms with van der Waals surface area (Å²) in [5, 5.41) is 5.13. The zero-order chi connectivity index (χ0) is 46.3. The van der Waals surface area contributed by atoms with Crippen molar-refractivity contribution < 1.29 is 0 Å². The smallest absolute Gasteiger partial charge is 0.0540 e. The standard InChI is InChI=1S/C69H55N/c1-68(2)63-23-10-7-20-59(63)62-22-13-21-61(67(62)68)57-18-6-5-16-54(57)46-28-31-51(32-29-46)70(66-25-12-9-17-56(66)48-30-34-55-47(41-48)27-26-45-14-3-4-15-53(45)55)52-33-35-60-58-19-8-11-24-64(58)69(65(60)42-52)49-37-43-36-44(39-49)40-50(69)38-43/h3-35,41-44,49-50H,36-40H2,1-2H3. The largest absolute Gasteiger partial charge is 0.310 e. The fraction of sp³-hybridized carbons (Fsp3) is 0.188. The highest BCUT2D eigenvalue weighted by molar-refractivity contribution is 6.09. The van der Waals surface area contributed by atoms with Gasteiger partial charge in [-0.1, -0.05) is 190 Å². The lowest BCUT2D eigenvalue weighted by Crippen LogP contribution is -2.55. The third kappa shape index (κ3) is 5.67. The highest BCUT2D eigenvalue weighted by Crippen LogP contribution is 2.70. The quantitative estimate of drug-likeness (QED) is 0.150. The van der Waals surface area contributed by atoms with E-state index in [0.717, 1.165) is 17.5 Å². The molecule has 0 heterocycles. The van der Waals surface area contributed by atoms with Crippen LogP contribution in [0.5, 0.6) is 0 Å². The maximum Gasteiger partial charge on any atom is 0.0540 e. The number of anilines is 3. The number of fused-ring (bicyclic) bond motifs is 9. The average molecular weight is 898 g/mol. The summed E-state index contributed by atoms with van der Waals surface area (Å²) in [5.41, 5.74) is 22.7. The number of nitrogens with zero attached hydrogens (tertiary/aromatic N) is 1. The molecule has 6 aliphatic carbocycles. The predicted molar refractivity (Wildman–Crippen MR) is 293 cm³/mol. The first-order chi connectivity index (χ1) is 34.4. The van der Waals surface area contributed by atoms with Gasteiger partial charge in [0.15, 0.2) is 0 Å². The number of hydrogen-bond donors (Lipinski definition) is 0. The molecule has 0 saturated heterocycles. The lowest BCUT2D eigenvalue weighted by Gasteiger charge is -2.61. The molecule has 10 aromatic rings. The Morgan fingerprint density at radius 3 is 1.67 bits per heavy atom. The molecular formula is C69H55N. The minimum Gasteiger partial charge on any atom is -0.310 e. The molecule has 70 heavy (non-hydrogen) atoms. The maximum atomic E-state index is 2.65. The van der Waals surface area contributed by atoms with Crippen LogP contribution >= 0.6 is 0 Å². The van der Waals surface area contributed by atoms with E-state index in [-0.39, 0.29) is 10.8 Å². The Morgan fingerprint density at radius 1 is 0.357 bits per heavy atom. The minimum atomic E-state index is -0.112. The first-order valence-electron chi connectivity index (χ1n) is 25.9. The third-order valence-corrected chi connectivity index (χ3v) is 18.2. The fourth-order valence-electron chi connectivity index (χ4n) is 15.6. The van der Waals surface area contributed by atoms with Crippen LogP contribution in [0.3, 0.4) is 0 Å². The number of para-hydroxylation sites is 1. The second kappa shape index (κ2) is 15.0. The van der Waals surface area contributed by atoms with Crippen LogP contribution in [-0.2, 0) is 10.8 Å². The number of hydrogen-bond acceptors (Lipinski definition) is 1. The molecule has 0 N–H and O–H groups in total. The van der Waals surface area contributed by atoms with Gasteiger partial charge in [0, 0.05) is 27.8 Å². The molecule has 6 aliphatic rings. The first kappa shape index (κ1) is 40.4. The van der Waals surface area contributed by atoms with Gasteiger partial charge in [-0.05, 0) is 186 Å². The van der Waals surface area contributed by atoms with E-state index in [1.807, 2.05) is 0 Å². The van der Waals surface area contributed by atoms with Gasteiger partial charge in [-0.3, -0.25) is 0 Å². The van der Waals surface area contributed by atoms with Crippen LogP contribution in [0.4, 0.5) is 17.1 Å². The van der Waals surface area contributed by atoms with Crippen molar-refractivity contribution in [2.75, 3.05) is 4.90 Å². The molecule has 4 bridgehead atoms. The van der Waals surface area contributed by atoms with Gasteiger partial charge >= 0.3 is 0 Å². The van der Waals surface area contributed by atoms with E-state index in [9.17, 15) is 0 Å². The lowest BCUT2D eigenvalue weighted by atomic mass is 9.43. The Hall–Kier alpha value is -7.48. The first-order valence-corrected chi connectivity index (χ1v) is 25.9. The predicted octanol–water partition coefficient (Wildman–Crippen LogP) is 18.5. The molecule has 0 unspecified atom stereocenters. The number of benzene rings is 10. The maximum absolute atomic E-state index is 2.65. The minimum absolute atomic E-state index is 0.0722. The Bertz CT molecular complexity index is 3750. The van der Waals surface area contributed by atoms with Gasteiger partial charge in [0.1, 0.15) is 0 Å². The molecule has 4 saturated carbocycles. The van der Waals surface area contributed by atoms with Crippen molar-refractivity contribution in [2.45, 2.75) is 56.8 Å². The highest BCUT2D eigenvalue weighted by Gasteiger charge is 2.61. The summed E-state index contributed by atoms with van der Waals surface area (Å²) in [6, 6.07) is 81.1. The van der Waals surface area contributed by atoms with E-state index in [2.05, 4.69) is 231 Å². The molecule has 0 aliphatic heterocycles. The fourth-order valence-corrected chi connectivity index (χ4v) is 15.6. The van der Waals surface area contributed by atoms with Crippen LogP contribution in [-0.4, -0.2) is 0 Å². The van der Waals surface area contributed by atoms with Gasteiger partial charge in [-0.2, -0.15) is 0 Å². The van der Waals surface area contributed by atoms with Crippen molar-refractivity contribution >= 4 is 38.6 Å². The van der Waals surface area contributed by atoms with Crippen LogP contribution in [0.1, 0.15) is 68.2 Å². The molecule has 1 nitrogen and oxygen atoms in total. The van der Waals surface area contributed by atoms with Crippen molar-refractivity contribution in [3.63, 3.8) is 0 Å². The van der Waals surface area contributed by atoms with Crippen LogP contribution in [0.25, 0.3) is 77.2 Å². The Labute approximate surface area is 412 Å². The van der Waals surface area contributed by atoms with Crippen molar-refractivity contribution in [1.29, 1.82) is 0 Å². The highest BCUT2D eigenvalue weighted by atomic mass is 15.1. The molecule has 4 fully saturated rings. The zero-order valence-electron chi connectivity index (χ0n) is 40.0. The molecule has 0 aromatic heterocycles. The number of rotatable bonds is 6. The van der Waals surface area contributed by atoms with Gasteiger partial charge in [0.2, 0.25) is 0 Å². The third-order valence-electron chi connectivity index (χ3n) is 18.2. The Kier molecular flexibility index (Phi) is 8.67. The van der Waals surface area contributed by atoms with Crippen LogP contribution in [0, 0.1) is 23.7 Å². The van der Waals surface area contributed by atoms with E-state index < -0.39 is 0 Å². The van der Waals surface area contributed by atoms with Gasteiger partial charge in [-0.25, -0.2) is 0 Å². The van der Waals surface area contributed by atoms with Crippen molar-refractivity contribution in [3.8, 4) is 55.6 Å². The summed E-state index contributed by atoms with van der Waals surface area (Å²) >= 11 is 0. The molecule has 336 valence electrons. The normalized spacial score (nSPS) is 21.7. The Morgan fingerprint density at radius 2 is 0.900 bits per heavy atom. The van der Waals surface area contributed by atoms with E-state index in [0.29, 0.717) is 11.8 Å². The summed E-state index contributed by atoms with van der Waals surface area (Å²) in [5.74, 6) is 3.18. The molecule has 16 rings (SSSR count). The van der Waals surface area contributed by atoms with Gasteiger partial charge in [0.05, 0.1) is 5.69 Å². The summed E-state index contributed by atoms with van der Waals surface area (Å²) < 4.78 is 0. The second-order valence-corrected chi connectivity index (χ2v) is 22.0. The van der Waals surface area contributed by atoms with Crippen LogP contribution in [0.15, 0.2) is 212 Å². The summed E-state index contributed by atoms with van der Waals surface area (Å²) in [4.78, 5) is 2.58. The molecule has 0 atom stereocenters. The summed E-state index contributed by atoms with van der Waals surface area (Å²) in [7, 11) is 0. The molecule has 1 heteroatoms. The van der Waals surface area contributed by atoms with Gasteiger partial charge in [0.25, 0.3) is 0 Å². The SMILES string of the molecule is CC1(C)c2ccccc2-c2cccc(-c3ccccc3-c3ccc(N(c4ccc5c(c4)C4(c6ccccc6-5)C5CC6CC(C5)CC4C6)c4ccccc4-c4ccc5c(ccc6ccccc65)c4)cc3)c21. The van der Waals surface area contributed by atoms with Gasteiger partial charge in [-0.15, -0.1) is 0 Å². The van der Waals surface area contributed by atoms with Crippen LogP contribution < -0.4 is 4.90 Å². The monoisotopic (exact) mass is 897 g/mol. The second-order valence-electron chi connectivity index (χ2n) is 22.0. The van der Waals surface area contributed by atoms with E-state index in [4.69, 9.17) is 0 Å². The lowest BCUT2D eigenvalue weighted by molar-refractivity contribution is -0.0399. The van der Waals surface area contributed by atoms with Crippen molar-refractivity contribution in [3.05, 3.63) is 235 Å². The van der Waals surface area contributed by atoms with Crippen molar-refractivity contribution in [1.82, 2.24) is 0 Å². The van der Waals surface area contributed by atoms with E-state index in [1.165, 1.54) is 132 Å². The Balaban J connectivity index is 0.900. The average Bonchev–Trinajstić information content (AvgIpc) is 3.83. The molecule has 0 radical (unpaired) electrons. The van der Waals surface area contributed by atoms with Gasteiger partial charge < -0.3 is 4.90 Å². The molecule has 10 aromatic carbocycles. The van der Waals surface area contributed by atoms with Crippen LogP contribution in [0.2, 0.25) is 0 Å².